The Hall–Kier alpha value is -2.70. The number of thiazole rings is 1. The Balaban J connectivity index is 1.81. The number of carbonyl (C=O) groups excluding carboxylic acids is 1. The number of hydrogen-bond acceptors (Lipinski definition) is 4. The number of anilines is 1. The third-order valence-electron chi connectivity index (χ3n) is 4.58. The van der Waals surface area contributed by atoms with Crippen LogP contribution in [0.2, 0.25) is 5.02 Å². The van der Waals surface area contributed by atoms with Gasteiger partial charge in [-0.3, -0.25) is 14.4 Å². The predicted octanol–water partition coefficient (Wildman–Crippen LogP) is 5.88. The minimum absolute atomic E-state index is 0.0750. The first-order valence-electron chi connectivity index (χ1n) is 9.41. The summed E-state index contributed by atoms with van der Waals surface area (Å²) in [4.78, 5) is 20.1. The maximum absolute atomic E-state index is 13.6. The molecule has 0 saturated carbocycles. The van der Waals surface area contributed by atoms with E-state index in [9.17, 15) is 4.79 Å². The zero-order valence-corrected chi connectivity index (χ0v) is 18.0. The van der Waals surface area contributed by atoms with E-state index in [1.54, 1.807) is 9.58 Å². The van der Waals surface area contributed by atoms with Crippen molar-refractivity contribution in [1.29, 1.82) is 0 Å². The molecule has 2 heterocycles. The number of aryl methyl sites for hydroxylation is 1. The van der Waals surface area contributed by atoms with E-state index < -0.39 is 0 Å². The van der Waals surface area contributed by atoms with Gasteiger partial charge in [-0.2, -0.15) is 5.10 Å². The van der Waals surface area contributed by atoms with E-state index in [0.717, 1.165) is 16.0 Å². The van der Waals surface area contributed by atoms with Crippen molar-refractivity contribution in [3.8, 4) is 0 Å². The van der Waals surface area contributed by atoms with Crippen LogP contribution in [0.3, 0.4) is 0 Å². The van der Waals surface area contributed by atoms with Crippen molar-refractivity contribution in [2.75, 3.05) is 4.90 Å². The molecule has 0 bridgehead atoms. The van der Waals surface area contributed by atoms with Crippen LogP contribution in [-0.4, -0.2) is 20.7 Å². The monoisotopic (exact) mass is 424 g/mol. The molecule has 4 rings (SSSR count). The molecule has 0 saturated heterocycles. The van der Waals surface area contributed by atoms with Gasteiger partial charge in [0.05, 0.1) is 22.0 Å². The van der Waals surface area contributed by atoms with Crippen LogP contribution in [0.1, 0.15) is 41.6 Å². The average molecular weight is 425 g/mol. The fraction of sp³-hybridized carbons (Fsp3) is 0.227. The third kappa shape index (κ3) is 3.91. The lowest BCUT2D eigenvalue weighted by Gasteiger charge is -2.21. The summed E-state index contributed by atoms with van der Waals surface area (Å²) >= 11 is 7.79. The number of para-hydroxylation sites is 1. The summed E-state index contributed by atoms with van der Waals surface area (Å²) in [6.45, 7) is 6.35. The minimum atomic E-state index is -0.127. The molecule has 2 aromatic heterocycles. The number of hydrogen-bond donors (Lipinski definition) is 0. The van der Waals surface area contributed by atoms with Crippen LogP contribution in [0, 0.1) is 6.92 Å². The Kier molecular flexibility index (Phi) is 5.39. The summed E-state index contributed by atoms with van der Waals surface area (Å²) in [5.41, 5.74) is 3.11. The summed E-state index contributed by atoms with van der Waals surface area (Å²) in [7, 11) is 0. The minimum Gasteiger partial charge on any atom is -0.278 e. The average Bonchev–Trinajstić information content (AvgIpc) is 3.31. The highest BCUT2D eigenvalue weighted by Gasteiger charge is 2.26. The fourth-order valence-corrected chi connectivity index (χ4v) is 4.48. The van der Waals surface area contributed by atoms with Gasteiger partial charge in [-0.25, -0.2) is 4.98 Å². The Morgan fingerprint density at radius 3 is 2.62 bits per heavy atom. The first kappa shape index (κ1) is 19.6. The maximum Gasteiger partial charge on any atom is 0.278 e. The van der Waals surface area contributed by atoms with Gasteiger partial charge in [0.25, 0.3) is 5.91 Å². The molecule has 0 N–H and O–H groups in total. The lowest BCUT2D eigenvalue weighted by atomic mass is 10.2. The number of benzene rings is 2. The van der Waals surface area contributed by atoms with E-state index in [4.69, 9.17) is 16.6 Å². The molecule has 0 aliphatic carbocycles. The molecule has 148 valence electrons. The van der Waals surface area contributed by atoms with Crippen LogP contribution in [0.5, 0.6) is 0 Å². The number of halogens is 1. The Bertz CT molecular complexity index is 1170. The summed E-state index contributed by atoms with van der Waals surface area (Å²) in [6.07, 6.45) is 0. The Morgan fingerprint density at radius 1 is 1.17 bits per heavy atom. The number of nitrogens with zero attached hydrogens (tertiary/aromatic N) is 4. The van der Waals surface area contributed by atoms with Crippen molar-refractivity contribution in [3.05, 3.63) is 76.6 Å². The topological polar surface area (TPSA) is 51.0 Å². The van der Waals surface area contributed by atoms with Gasteiger partial charge >= 0.3 is 0 Å². The largest absolute Gasteiger partial charge is 0.278 e. The van der Waals surface area contributed by atoms with Crippen molar-refractivity contribution >= 4 is 44.2 Å². The number of amides is 1. The Morgan fingerprint density at radius 2 is 1.93 bits per heavy atom. The second-order valence-corrected chi connectivity index (χ2v) is 8.59. The first-order chi connectivity index (χ1) is 13.9. The molecule has 2 aromatic carbocycles. The normalized spacial score (nSPS) is 11.3. The number of carbonyl (C=O) groups is 1. The second kappa shape index (κ2) is 7.97. The van der Waals surface area contributed by atoms with E-state index >= 15 is 0 Å². The fourth-order valence-electron chi connectivity index (χ4n) is 3.22. The van der Waals surface area contributed by atoms with Crippen LogP contribution in [0.15, 0.2) is 54.6 Å². The van der Waals surface area contributed by atoms with Gasteiger partial charge in [0.15, 0.2) is 5.13 Å². The van der Waals surface area contributed by atoms with Crippen LogP contribution < -0.4 is 4.90 Å². The third-order valence-corrected chi connectivity index (χ3v) is 5.93. The lowest BCUT2D eigenvalue weighted by Crippen LogP contribution is -2.32. The van der Waals surface area contributed by atoms with E-state index in [1.807, 2.05) is 75.4 Å². The number of aromatic nitrogens is 3. The molecule has 0 spiro atoms. The summed E-state index contributed by atoms with van der Waals surface area (Å²) in [5.74, 6) is -0.127. The van der Waals surface area contributed by atoms with Crippen molar-refractivity contribution in [2.24, 2.45) is 0 Å². The van der Waals surface area contributed by atoms with Gasteiger partial charge in [-0.1, -0.05) is 59.3 Å². The zero-order valence-electron chi connectivity index (χ0n) is 16.5. The highest BCUT2D eigenvalue weighted by atomic mass is 35.5. The number of rotatable bonds is 5. The molecular formula is C22H21ClN4OS. The standard InChI is InChI=1S/C22H21ClN4OS/c1-14(2)27-18(12-15(3)25-27)21(28)26(13-16-8-5-4-6-9-16)22-24-20-17(23)10-7-11-19(20)29-22/h4-12,14H,13H2,1-3H3. The predicted molar refractivity (Wildman–Crippen MR) is 119 cm³/mol. The highest BCUT2D eigenvalue weighted by Crippen LogP contribution is 2.34. The smallest absolute Gasteiger partial charge is 0.278 e. The van der Waals surface area contributed by atoms with Gasteiger partial charge in [-0.15, -0.1) is 0 Å². The SMILES string of the molecule is Cc1cc(C(=O)N(Cc2ccccc2)c2nc3c(Cl)cccc3s2)n(C(C)C)n1. The van der Waals surface area contributed by atoms with Gasteiger partial charge < -0.3 is 0 Å². The van der Waals surface area contributed by atoms with Crippen molar-refractivity contribution in [2.45, 2.75) is 33.4 Å². The van der Waals surface area contributed by atoms with E-state index in [-0.39, 0.29) is 11.9 Å². The zero-order chi connectivity index (χ0) is 20.5. The van der Waals surface area contributed by atoms with E-state index in [0.29, 0.717) is 27.9 Å². The van der Waals surface area contributed by atoms with Crippen LogP contribution in [-0.2, 0) is 6.54 Å². The molecule has 0 aliphatic rings. The van der Waals surface area contributed by atoms with Crippen molar-refractivity contribution < 1.29 is 4.79 Å². The highest BCUT2D eigenvalue weighted by molar-refractivity contribution is 7.22. The molecule has 5 nitrogen and oxygen atoms in total. The molecular weight excluding hydrogens is 404 g/mol. The van der Waals surface area contributed by atoms with Gasteiger partial charge in [-0.05, 0) is 44.5 Å². The van der Waals surface area contributed by atoms with Crippen LogP contribution in [0.25, 0.3) is 10.2 Å². The molecule has 0 fully saturated rings. The first-order valence-corrected chi connectivity index (χ1v) is 10.6. The molecule has 4 aromatic rings. The second-order valence-electron chi connectivity index (χ2n) is 7.17. The molecule has 29 heavy (non-hydrogen) atoms. The van der Waals surface area contributed by atoms with Crippen molar-refractivity contribution in [1.82, 2.24) is 14.8 Å². The molecule has 7 heteroatoms. The molecule has 1 amide bonds. The van der Waals surface area contributed by atoms with Crippen LogP contribution >= 0.6 is 22.9 Å². The Labute approximate surface area is 178 Å². The van der Waals surface area contributed by atoms with Gasteiger partial charge in [0.1, 0.15) is 11.2 Å². The van der Waals surface area contributed by atoms with Crippen LogP contribution in [0.4, 0.5) is 5.13 Å². The molecule has 0 aliphatic heterocycles. The van der Waals surface area contributed by atoms with Gasteiger partial charge in [0, 0.05) is 6.04 Å². The van der Waals surface area contributed by atoms with Gasteiger partial charge in [0.2, 0.25) is 0 Å². The quantitative estimate of drug-likeness (QED) is 0.401. The van der Waals surface area contributed by atoms with Crippen molar-refractivity contribution in [3.63, 3.8) is 0 Å². The molecule has 0 radical (unpaired) electrons. The maximum atomic E-state index is 13.6. The van der Waals surface area contributed by atoms with E-state index in [2.05, 4.69) is 5.10 Å². The molecule has 0 unspecified atom stereocenters. The summed E-state index contributed by atoms with van der Waals surface area (Å²) in [5, 5.41) is 5.71. The molecule has 0 atom stereocenters. The van der Waals surface area contributed by atoms with E-state index in [1.165, 1.54) is 11.3 Å². The summed E-state index contributed by atoms with van der Waals surface area (Å²) < 4.78 is 2.72. The lowest BCUT2D eigenvalue weighted by molar-refractivity contribution is 0.0973. The number of fused-ring (bicyclic) bond motifs is 1. The summed E-state index contributed by atoms with van der Waals surface area (Å²) in [6, 6.07) is 17.5.